The van der Waals surface area contributed by atoms with E-state index in [1.165, 1.54) is 0 Å². The normalized spacial score (nSPS) is 21.6. The summed E-state index contributed by atoms with van der Waals surface area (Å²) in [5.41, 5.74) is 7.28. The number of hydrogen-bond donors (Lipinski definition) is 2. The summed E-state index contributed by atoms with van der Waals surface area (Å²) >= 11 is 0. The van der Waals surface area contributed by atoms with Crippen molar-refractivity contribution in [2.45, 2.75) is 25.4 Å². The first kappa shape index (κ1) is 11.5. The van der Waals surface area contributed by atoms with Gasteiger partial charge in [0.1, 0.15) is 5.60 Å². The molecule has 2 aliphatic rings. The van der Waals surface area contributed by atoms with E-state index in [2.05, 4.69) is 0 Å². The number of carbonyl (C=O) groups excluding carboxylic acids is 1. The van der Waals surface area contributed by atoms with Gasteiger partial charge >= 0.3 is 0 Å². The van der Waals surface area contributed by atoms with Crippen LogP contribution < -0.4 is 5.73 Å². The van der Waals surface area contributed by atoms with Crippen molar-refractivity contribution in [3.8, 4) is 0 Å². The van der Waals surface area contributed by atoms with Gasteiger partial charge in [0.25, 0.3) is 5.91 Å². The molecule has 0 radical (unpaired) electrons. The van der Waals surface area contributed by atoms with E-state index in [4.69, 9.17) is 5.73 Å². The summed E-state index contributed by atoms with van der Waals surface area (Å²) in [5.74, 6) is 0.331. The molecule has 1 aliphatic carbocycles. The fourth-order valence-electron chi connectivity index (χ4n) is 2.66. The van der Waals surface area contributed by atoms with E-state index < -0.39 is 5.60 Å². The van der Waals surface area contributed by atoms with Crippen LogP contribution >= 0.6 is 0 Å². The molecule has 0 atom stereocenters. The molecule has 0 spiro atoms. The van der Waals surface area contributed by atoms with Crippen LogP contribution in [0.25, 0.3) is 0 Å². The van der Waals surface area contributed by atoms with E-state index in [9.17, 15) is 9.90 Å². The average Bonchev–Trinajstić information content (AvgIpc) is 3.11. The Labute approximate surface area is 106 Å². The summed E-state index contributed by atoms with van der Waals surface area (Å²) in [6.45, 7) is 2.83. The highest BCUT2D eigenvalue weighted by Gasteiger charge is 2.53. The van der Waals surface area contributed by atoms with Crippen molar-refractivity contribution < 1.29 is 9.90 Å². The van der Waals surface area contributed by atoms with Crippen molar-refractivity contribution in [3.63, 3.8) is 0 Å². The third-order valence-electron chi connectivity index (χ3n) is 3.99. The Morgan fingerprint density at radius 1 is 1.44 bits per heavy atom. The van der Waals surface area contributed by atoms with Crippen molar-refractivity contribution in [1.82, 2.24) is 4.90 Å². The largest absolute Gasteiger partial charge is 0.398 e. The Hall–Kier alpha value is -1.55. The molecule has 1 aliphatic heterocycles. The molecule has 0 bridgehead atoms. The van der Waals surface area contributed by atoms with Gasteiger partial charge in [-0.2, -0.15) is 0 Å². The number of amides is 1. The predicted molar refractivity (Wildman–Crippen MR) is 69.2 cm³/mol. The van der Waals surface area contributed by atoms with Gasteiger partial charge in [-0.1, -0.05) is 11.6 Å². The Bertz CT molecular complexity index is 503. The smallest absolute Gasteiger partial charge is 0.256 e. The zero-order chi connectivity index (χ0) is 12.9. The second kappa shape index (κ2) is 3.72. The minimum atomic E-state index is -0.631. The van der Waals surface area contributed by atoms with Crippen LogP contribution in [0, 0.1) is 12.8 Å². The van der Waals surface area contributed by atoms with Crippen LogP contribution in [-0.2, 0) is 0 Å². The van der Waals surface area contributed by atoms with E-state index in [0.29, 0.717) is 30.3 Å². The molecule has 1 aromatic carbocycles. The molecule has 4 heteroatoms. The topological polar surface area (TPSA) is 66.6 Å². The number of carbonyl (C=O) groups is 1. The highest BCUT2D eigenvalue weighted by Crippen LogP contribution is 2.44. The van der Waals surface area contributed by atoms with Crippen LogP contribution in [0.1, 0.15) is 28.8 Å². The van der Waals surface area contributed by atoms with Crippen molar-refractivity contribution in [3.05, 3.63) is 29.3 Å². The highest BCUT2D eigenvalue weighted by molar-refractivity contribution is 5.99. The summed E-state index contributed by atoms with van der Waals surface area (Å²) in [7, 11) is 0. The molecular formula is C14H18N2O2. The van der Waals surface area contributed by atoms with Gasteiger partial charge in [-0.3, -0.25) is 4.79 Å². The molecule has 1 heterocycles. The van der Waals surface area contributed by atoms with Crippen molar-refractivity contribution in [2.24, 2.45) is 5.92 Å². The van der Waals surface area contributed by atoms with Gasteiger partial charge in [-0.25, -0.2) is 0 Å². The second-order valence-electron chi connectivity index (χ2n) is 5.63. The van der Waals surface area contributed by atoms with Crippen LogP contribution in [0.2, 0.25) is 0 Å². The van der Waals surface area contributed by atoms with Crippen molar-refractivity contribution >= 4 is 11.6 Å². The van der Waals surface area contributed by atoms with E-state index >= 15 is 0 Å². The molecule has 1 aromatic rings. The zero-order valence-electron chi connectivity index (χ0n) is 10.5. The molecule has 2 fully saturated rings. The summed E-state index contributed by atoms with van der Waals surface area (Å²) in [5, 5.41) is 10.2. The van der Waals surface area contributed by atoms with E-state index in [1.54, 1.807) is 11.0 Å². The molecule has 0 unspecified atom stereocenters. The first-order valence-electron chi connectivity index (χ1n) is 6.37. The Morgan fingerprint density at radius 3 is 2.72 bits per heavy atom. The van der Waals surface area contributed by atoms with Crippen LogP contribution in [0.3, 0.4) is 0 Å². The Kier molecular flexibility index (Phi) is 2.38. The van der Waals surface area contributed by atoms with Gasteiger partial charge in [0.2, 0.25) is 0 Å². The number of aliphatic hydroxyl groups is 1. The number of nitrogen functional groups attached to an aromatic ring is 1. The quantitative estimate of drug-likeness (QED) is 0.770. The molecule has 0 aromatic heterocycles. The molecule has 4 nitrogen and oxygen atoms in total. The predicted octanol–water partition coefficient (Wildman–Crippen LogP) is 1.17. The van der Waals surface area contributed by atoms with Crippen molar-refractivity contribution in [1.29, 1.82) is 0 Å². The number of β-amino-alcohol motifs (C(OH)–C–C–N with tert-alkyl or cyclic N) is 1. The number of nitrogens with two attached hydrogens (primary N) is 1. The van der Waals surface area contributed by atoms with E-state index in [-0.39, 0.29) is 5.91 Å². The first-order chi connectivity index (χ1) is 8.49. The maximum atomic E-state index is 12.3. The zero-order valence-corrected chi connectivity index (χ0v) is 10.5. The number of benzene rings is 1. The van der Waals surface area contributed by atoms with Gasteiger partial charge < -0.3 is 15.7 Å². The summed E-state index contributed by atoms with van der Waals surface area (Å²) < 4.78 is 0. The highest BCUT2D eigenvalue weighted by atomic mass is 16.3. The maximum absolute atomic E-state index is 12.3. The summed E-state index contributed by atoms with van der Waals surface area (Å²) in [6.07, 6.45) is 2.18. The molecule has 3 N–H and O–H groups in total. The van der Waals surface area contributed by atoms with Crippen LogP contribution in [0.4, 0.5) is 5.69 Å². The summed E-state index contributed by atoms with van der Waals surface area (Å²) in [4.78, 5) is 13.9. The van der Waals surface area contributed by atoms with Gasteiger partial charge in [-0.15, -0.1) is 0 Å². The van der Waals surface area contributed by atoms with Gasteiger partial charge in [0.05, 0.1) is 18.7 Å². The molecule has 1 amide bonds. The molecule has 3 rings (SSSR count). The van der Waals surface area contributed by atoms with Gasteiger partial charge in [0.15, 0.2) is 0 Å². The van der Waals surface area contributed by atoms with E-state index in [0.717, 1.165) is 18.4 Å². The molecule has 96 valence electrons. The third kappa shape index (κ3) is 1.77. The second-order valence-corrected chi connectivity index (χ2v) is 5.63. The lowest BCUT2D eigenvalue weighted by atomic mass is 9.88. The van der Waals surface area contributed by atoms with Gasteiger partial charge in [0, 0.05) is 5.69 Å². The molecule has 18 heavy (non-hydrogen) atoms. The van der Waals surface area contributed by atoms with Crippen LogP contribution in [0.15, 0.2) is 18.2 Å². The van der Waals surface area contributed by atoms with Crippen LogP contribution in [0.5, 0.6) is 0 Å². The molecule has 1 saturated heterocycles. The fraction of sp³-hybridized carbons (Fsp3) is 0.500. The third-order valence-corrected chi connectivity index (χ3v) is 3.99. The maximum Gasteiger partial charge on any atom is 0.256 e. The Morgan fingerprint density at radius 2 is 2.11 bits per heavy atom. The number of aryl methyl sites for hydroxylation is 1. The lowest BCUT2D eigenvalue weighted by molar-refractivity contribution is -0.0957. The number of anilines is 1. The number of hydrogen-bond acceptors (Lipinski definition) is 3. The van der Waals surface area contributed by atoms with Gasteiger partial charge in [-0.05, 0) is 37.8 Å². The first-order valence-corrected chi connectivity index (χ1v) is 6.37. The molecule has 1 saturated carbocycles. The lowest BCUT2D eigenvalue weighted by Gasteiger charge is -2.47. The number of likely N-dealkylation sites (tertiary alicyclic amines) is 1. The SMILES string of the molecule is Cc1ccc(N)c(C(=O)N2CC(O)(C3CC3)C2)c1. The standard InChI is InChI=1S/C14H18N2O2/c1-9-2-5-12(15)11(6-9)13(17)16-7-14(18,8-16)10-3-4-10/h2,5-6,10,18H,3-4,7-8,15H2,1H3. The van der Waals surface area contributed by atoms with Crippen LogP contribution in [-0.4, -0.2) is 34.6 Å². The van der Waals surface area contributed by atoms with E-state index in [1.807, 2.05) is 19.1 Å². The number of rotatable bonds is 2. The minimum Gasteiger partial charge on any atom is -0.398 e. The minimum absolute atomic E-state index is 0.0680. The summed E-state index contributed by atoms with van der Waals surface area (Å²) in [6, 6.07) is 5.46. The Balaban J connectivity index is 1.74. The number of nitrogens with zero attached hydrogens (tertiary/aromatic N) is 1. The average molecular weight is 246 g/mol. The van der Waals surface area contributed by atoms with Crippen molar-refractivity contribution in [2.75, 3.05) is 18.8 Å². The monoisotopic (exact) mass is 246 g/mol. The fourth-order valence-corrected chi connectivity index (χ4v) is 2.66. The molecular weight excluding hydrogens is 228 g/mol. The lowest BCUT2D eigenvalue weighted by Crippen LogP contribution is -2.64.